The van der Waals surface area contributed by atoms with Crippen molar-refractivity contribution in [3.05, 3.63) is 46.6 Å². The molecule has 2 aromatic rings. The second-order valence-electron chi connectivity index (χ2n) is 4.24. The van der Waals surface area contributed by atoms with Crippen molar-refractivity contribution in [2.75, 3.05) is 13.2 Å². The molecule has 0 aliphatic rings. The van der Waals surface area contributed by atoms with Gasteiger partial charge in [0.15, 0.2) is 16.8 Å². The van der Waals surface area contributed by atoms with Gasteiger partial charge in [-0.15, -0.1) is 0 Å². The number of nitrogens with zero attached hydrogens (tertiary/aromatic N) is 2. The third-order valence-electron chi connectivity index (χ3n) is 2.59. The van der Waals surface area contributed by atoms with Crippen molar-refractivity contribution in [2.45, 2.75) is 17.3 Å². The highest BCUT2D eigenvalue weighted by Gasteiger charge is 2.10. The number of halogens is 3. The van der Waals surface area contributed by atoms with Crippen LogP contribution in [0, 0.1) is 11.6 Å². The van der Waals surface area contributed by atoms with E-state index in [9.17, 15) is 8.78 Å². The number of ether oxygens (including phenoxy) is 1. The molecule has 1 aromatic heterocycles. The molecule has 0 amide bonds. The maximum atomic E-state index is 13.6. The molecule has 0 bridgehead atoms. The Morgan fingerprint density at radius 1 is 1.27 bits per heavy atom. The van der Waals surface area contributed by atoms with Gasteiger partial charge < -0.3 is 9.84 Å². The average Bonchev–Trinajstić information content (AvgIpc) is 2.49. The zero-order chi connectivity index (χ0) is 15.9. The molecule has 1 aromatic carbocycles. The van der Waals surface area contributed by atoms with Gasteiger partial charge in [-0.25, -0.2) is 13.8 Å². The van der Waals surface area contributed by atoms with Gasteiger partial charge in [-0.05, 0) is 6.07 Å². The molecule has 22 heavy (non-hydrogen) atoms. The molecule has 1 N–H and O–H groups in total. The van der Waals surface area contributed by atoms with Gasteiger partial charge in [0.25, 0.3) is 0 Å². The lowest BCUT2D eigenvalue weighted by Gasteiger charge is -2.07. The van der Waals surface area contributed by atoms with E-state index in [1.807, 2.05) is 0 Å². The average molecular weight is 347 g/mol. The molecule has 0 atom stereocenters. The Kier molecular flexibility index (Phi) is 6.35. The molecule has 1 heterocycles. The van der Waals surface area contributed by atoms with Crippen LogP contribution in [0.4, 0.5) is 8.78 Å². The predicted molar refractivity (Wildman–Crippen MR) is 80.2 cm³/mol. The first-order valence-corrected chi connectivity index (χ1v) is 7.80. The van der Waals surface area contributed by atoms with E-state index < -0.39 is 11.6 Å². The number of hydrogen-bond acceptors (Lipinski definition) is 5. The van der Waals surface area contributed by atoms with E-state index in [-0.39, 0.29) is 29.0 Å². The van der Waals surface area contributed by atoms with Crippen LogP contribution < -0.4 is 4.74 Å². The van der Waals surface area contributed by atoms with Gasteiger partial charge in [-0.2, -0.15) is 4.98 Å². The molecule has 2 rings (SSSR count). The number of hydrogen-bond donors (Lipinski definition) is 1. The van der Waals surface area contributed by atoms with E-state index in [4.69, 9.17) is 21.4 Å². The van der Waals surface area contributed by atoms with Crippen molar-refractivity contribution in [2.24, 2.45) is 0 Å². The summed E-state index contributed by atoms with van der Waals surface area (Å²) in [5.41, 5.74) is 0.219. The largest absolute Gasteiger partial charge is 0.477 e. The summed E-state index contributed by atoms with van der Waals surface area (Å²) in [6.45, 7) is 0.311. The summed E-state index contributed by atoms with van der Waals surface area (Å²) in [7, 11) is 0. The van der Waals surface area contributed by atoms with Crippen LogP contribution in [0.25, 0.3) is 0 Å². The third kappa shape index (κ3) is 4.79. The Morgan fingerprint density at radius 2 is 2.09 bits per heavy atom. The second-order valence-corrected chi connectivity index (χ2v) is 5.57. The first-order chi connectivity index (χ1) is 10.6. The molecule has 4 nitrogen and oxygen atoms in total. The monoisotopic (exact) mass is 346 g/mol. The summed E-state index contributed by atoms with van der Waals surface area (Å²) in [4.78, 5) is 8.12. The maximum Gasteiger partial charge on any atom is 0.218 e. The van der Waals surface area contributed by atoms with Crippen molar-refractivity contribution >= 4 is 23.4 Å². The lowest BCUT2D eigenvalue weighted by atomic mass is 10.2. The molecular weight excluding hydrogens is 334 g/mol. The maximum absolute atomic E-state index is 13.6. The van der Waals surface area contributed by atoms with Crippen molar-refractivity contribution in [3.8, 4) is 5.88 Å². The Balaban J connectivity index is 2.04. The van der Waals surface area contributed by atoms with Crippen molar-refractivity contribution in [3.63, 3.8) is 0 Å². The minimum Gasteiger partial charge on any atom is -0.477 e. The molecule has 0 saturated heterocycles. The molecule has 0 aliphatic carbocycles. The fraction of sp³-hybridized carbons (Fsp3) is 0.286. The molecule has 118 valence electrons. The van der Waals surface area contributed by atoms with Crippen LogP contribution in [-0.2, 0) is 5.75 Å². The fourth-order valence-corrected chi connectivity index (χ4v) is 2.61. The van der Waals surface area contributed by atoms with E-state index >= 15 is 0 Å². The summed E-state index contributed by atoms with van der Waals surface area (Å²) in [6, 6.07) is 5.45. The van der Waals surface area contributed by atoms with E-state index in [0.717, 1.165) is 17.8 Å². The van der Waals surface area contributed by atoms with E-state index in [1.165, 1.54) is 18.2 Å². The van der Waals surface area contributed by atoms with Gasteiger partial charge in [0, 0.05) is 30.4 Å². The molecule has 0 fully saturated rings. The molecule has 8 heteroatoms. The standard InChI is InChI=1S/C14H13ClF2N2O2S/c15-11-7-12(21-6-2-5-20)19-14(18-11)22-8-9-3-1-4-10(16)13(9)17/h1,3-4,7,20H,2,5-6,8H2. The molecule has 0 radical (unpaired) electrons. The summed E-state index contributed by atoms with van der Waals surface area (Å²) in [5, 5.41) is 9.20. The zero-order valence-electron chi connectivity index (χ0n) is 11.4. The number of aromatic nitrogens is 2. The minimum atomic E-state index is -0.891. The van der Waals surface area contributed by atoms with Crippen LogP contribution in [-0.4, -0.2) is 28.3 Å². The topological polar surface area (TPSA) is 55.2 Å². The first kappa shape index (κ1) is 16.9. The minimum absolute atomic E-state index is 0.0132. The number of benzene rings is 1. The highest BCUT2D eigenvalue weighted by Crippen LogP contribution is 2.25. The van der Waals surface area contributed by atoms with Crippen LogP contribution in [0.5, 0.6) is 5.88 Å². The third-order valence-corrected chi connectivity index (χ3v) is 3.68. The number of aliphatic hydroxyl groups is 1. The zero-order valence-corrected chi connectivity index (χ0v) is 13.0. The molecule has 0 spiro atoms. The van der Waals surface area contributed by atoms with Gasteiger partial charge in [-0.3, -0.25) is 0 Å². The second kappa shape index (κ2) is 8.26. The Hall–Kier alpha value is -1.44. The van der Waals surface area contributed by atoms with Gasteiger partial charge in [0.2, 0.25) is 5.88 Å². The summed E-state index contributed by atoms with van der Waals surface area (Å²) >= 11 is 6.99. The number of rotatable bonds is 7. The number of thioether (sulfide) groups is 1. The Bertz CT molecular complexity index is 646. The quantitative estimate of drug-likeness (QED) is 0.360. The van der Waals surface area contributed by atoms with Crippen LogP contribution in [0.3, 0.4) is 0 Å². The van der Waals surface area contributed by atoms with Crippen molar-refractivity contribution in [1.82, 2.24) is 9.97 Å². The predicted octanol–water partition coefficient (Wildman–Crippen LogP) is 3.46. The first-order valence-electron chi connectivity index (χ1n) is 6.44. The smallest absolute Gasteiger partial charge is 0.218 e. The highest BCUT2D eigenvalue weighted by molar-refractivity contribution is 7.98. The van der Waals surface area contributed by atoms with E-state index in [1.54, 1.807) is 0 Å². The van der Waals surface area contributed by atoms with Gasteiger partial charge >= 0.3 is 0 Å². The lowest BCUT2D eigenvalue weighted by Crippen LogP contribution is -2.02. The lowest BCUT2D eigenvalue weighted by molar-refractivity contribution is 0.228. The van der Waals surface area contributed by atoms with Crippen molar-refractivity contribution in [1.29, 1.82) is 0 Å². The van der Waals surface area contributed by atoms with E-state index in [0.29, 0.717) is 18.2 Å². The normalized spacial score (nSPS) is 10.7. The molecule has 0 unspecified atom stereocenters. The van der Waals surface area contributed by atoms with Gasteiger partial charge in [-0.1, -0.05) is 35.5 Å². The van der Waals surface area contributed by atoms with Gasteiger partial charge in [0.1, 0.15) is 5.15 Å². The fourth-order valence-electron chi connectivity index (χ4n) is 1.56. The summed E-state index contributed by atoms with van der Waals surface area (Å²) in [6.07, 6.45) is 0.471. The number of aliphatic hydroxyl groups excluding tert-OH is 1. The molecule has 0 aliphatic heterocycles. The van der Waals surface area contributed by atoms with Crippen molar-refractivity contribution < 1.29 is 18.6 Å². The van der Waals surface area contributed by atoms with E-state index in [2.05, 4.69) is 9.97 Å². The Morgan fingerprint density at radius 3 is 2.86 bits per heavy atom. The van der Waals surface area contributed by atoms with Crippen LogP contribution in [0.2, 0.25) is 5.15 Å². The summed E-state index contributed by atoms with van der Waals surface area (Å²) in [5.74, 6) is -1.33. The van der Waals surface area contributed by atoms with Crippen LogP contribution >= 0.6 is 23.4 Å². The highest BCUT2D eigenvalue weighted by atomic mass is 35.5. The Labute approximate surface area is 135 Å². The van der Waals surface area contributed by atoms with Crippen LogP contribution in [0.15, 0.2) is 29.4 Å². The molecule has 0 saturated carbocycles. The summed E-state index contributed by atoms with van der Waals surface area (Å²) < 4.78 is 32.0. The SMILES string of the molecule is OCCCOc1cc(Cl)nc(SCc2cccc(F)c2F)n1. The van der Waals surface area contributed by atoms with Crippen LogP contribution in [0.1, 0.15) is 12.0 Å². The van der Waals surface area contributed by atoms with Gasteiger partial charge in [0.05, 0.1) is 6.61 Å². The molecular formula is C14H13ClF2N2O2S.